The summed E-state index contributed by atoms with van der Waals surface area (Å²) in [5.74, 6) is 0.199. The summed E-state index contributed by atoms with van der Waals surface area (Å²) in [5.41, 5.74) is 2.08. The maximum absolute atomic E-state index is 12.0. The van der Waals surface area contributed by atoms with Crippen molar-refractivity contribution in [2.45, 2.75) is 19.8 Å². The molecule has 18 heavy (non-hydrogen) atoms. The maximum atomic E-state index is 12.0. The van der Waals surface area contributed by atoms with Crippen LogP contribution in [0.5, 0.6) is 0 Å². The average molecular weight is 248 g/mol. The van der Waals surface area contributed by atoms with E-state index in [0.29, 0.717) is 6.54 Å². The van der Waals surface area contributed by atoms with Gasteiger partial charge in [0, 0.05) is 5.56 Å². The summed E-state index contributed by atoms with van der Waals surface area (Å²) in [6.45, 7) is 4.55. The van der Waals surface area contributed by atoms with Gasteiger partial charge in [-0.3, -0.25) is 9.69 Å². The molecule has 1 aromatic rings. The Bertz CT molecular complexity index is 359. The minimum atomic E-state index is 0.199. The van der Waals surface area contributed by atoms with Gasteiger partial charge in [-0.05, 0) is 45.6 Å². The molecule has 0 saturated carbocycles. The third-order valence-electron chi connectivity index (χ3n) is 3.06. The number of likely N-dealkylation sites (N-methyl/N-ethyl adjacent to an activating group) is 1. The normalized spacial score (nSPS) is 10.9. The molecule has 0 radical (unpaired) electrons. The van der Waals surface area contributed by atoms with E-state index < -0.39 is 0 Å². The van der Waals surface area contributed by atoms with Crippen LogP contribution in [0, 0.1) is 0 Å². The standard InChI is InChI=1S/C15H24N2O/c1-4-13-6-8-14(9-7-13)15(18)12-17(3)11-5-10-16-2/h6-9,16H,4-5,10-12H2,1-3H3. The number of aryl methyl sites for hydroxylation is 1. The highest BCUT2D eigenvalue weighted by atomic mass is 16.1. The SMILES string of the molecule is CCc1ccc(C(=O)CN(C)CCCNC)cc1. The van der Waals surface area contributed by atoms with Crippen molar-refractivity contribution in [1.82, 2.24) is 10.2 Å². The smallest absolute Gasteiger partial charge is 0.176 e. The minimum Gasteiger partial charge on any atom is -0.320 e. The van der Waals surface area contributed by atoms with Crippen molar-refractivity contribution in [3.05, 3.63) is 35.4 Å². The summed E-state index contributed by atoms with van der Waals surface area (Å²) >= 11 is 0. The van der Waals surface area contributed by atoms with Crippen LogP contribution in [0.15, 0.2) is 24.3 Å². The summed E-state index contributed by atoms with van der Waals surface area (Å²) in [5, 5.41) is 3.11. The molecule has 0 heterocycles. The fourth-order valence-corrected chi connectivity index (χ4v) is 1.87. The molecule has 0 aliphatic heterocycles. The van der Waals surface area contributed by atoms with Gasteiger partial charge in [0.2, 0.25) is 0 Å². The van der Waals surface area contributed by atoms with Gasteiger partial charge in [-0.15, -0.1) is 0 Å². The monoisotopic (exact) mass is 248 g/mol. The first-order chi connectivity index (χ1) is 8.67. The molecule has 0 fully saturated rings. The molecular formula is C15H24N2O. The van der Waals surface area contributed by atoms with Crippen LogP contribution >= 0.6 is 0 Å². The van der Waals surface area contributed by atoms with Crippen LogP contribution < -0.4 is 5.32 Å². The Balaban J connectivity index is 2.43. The Morgan fingerprint density at radius 1 is 1.28 bits per heavy atom. The predicted molar refractivity (Wildman–Crippen MR) is 76.2 cm³/mol. The van der Waals surface area contributed by atoms with Gasteiger partial charge in [0.25, 0.3) is 0 Å². The van der Waals surface area contributed by atoms with E-state index in [1.807, 2.05) is 38.4 Å². The molecule has 100 valence electrons. The predicted octanol–water partition coefficient (Wildman–Crippen LogP) is 1.97. The average Bonchev–Trinajstić information content (AvgIpc) is 2.39. The minimum absolute atomic E-state index is 0.199. The van der Waals surface area contributed by atoms with Gasteiger partial charge < -0.3 is 5.32 Å². The molecule has 0 bridgehead atoms. The van der Waals surface area contributed by atoms with Crippen LogP contribution in [-0.2, 0) is 6.42 Å². The fourth-order valence-electron chi connectivity index (χ4n) is 1.87. The number of carbonyl (C=O) groups is 1. The molecule has 0 aromatic heterocycles. The number of nitrogens with zero attached hydrogens (tertiary/aromatic N) is 1. The van der Waals surface area contributed by atoms with Crippen molar-refractivity contribution >= 4 is 5.78 Å². The lowest BCUT2D eigenvalue weighted by Crippen LogP contribution is -2.28. The summed E-state index contributed by atoms with van der Waals surface area (Å²) in [6.07, 6.45) is 2.08. The van der Waals surface area contributed by atoms with Crippen LogP contribution in [0.1, 0.15) is 29.3 Å². The highest BCUT2D eigenvalue weighted by Crippen LogP contribution is 2.06. The van der Waals surface area contributed by atoms with E-state index >= 15 is 0 Å². The maximum Gasteiger partial charge on any atom is 0.176 e. The van der Waals surface area contributed by atoms with Gasteiger partial charge in [-0.1, -0.05) is 31.2 Å². The second-order valence-electron chi connectivity index (χ2n) is 4.67. The first-order valence-electron chi connectivity index (χ1n) is 6.62. The van der Waals surface area contributed by atoms with Gasteiger partial charge in [0.1, 0.15) is 0 Å². The molecule has 0 amide bonds. The molecule has 0 saturated heterocycles. The van der Waals surface area contributed by atoms with Crippen LogP contribution in [0.3, 0.4) is 0 Å². The molecular weight excluding hydrogens is 224 g/mol. The number of ketones is 1. The molecule has 1 rings (SSSR count). The molecule has 0 spiro atoms. The zero-order chi connectivity index (χ0) is 13.4. The number of hydrogen-bond acceptors (Lipinski definition) is 3. The quantitative estimate of drug-likeness (QED) is 0.564. The van der Waals surface area contributed by atoms with Gasteiger partial charge in [-0.2, -0.15) is 0 Å². The van der Waals surface area contributed by atoms with Gasteiger partial charge >= 0.3 is 0 Å². The number of rotatable bonds is 8. The van der Waals surface area contributed by atoms with E-state index in [4.69, 9.17) is 0 Å². The van der Waals surface area contributed by atoms with E-state index in [1.165, 1.54) is 5.56 Å². The Kier molecular flexibility index (Phi) is 6.61. The fraction of sp³-hybridized carbons (Fsp3) is 0.533. The van der Waals surface area contributed by atoms with Crippen molar-refractivity contribution in [3.8, 4) is 0 Å². The van der Waals surface area contributed by atoms with Gasteiger partial charge in [0.15, 0.2) is 5.78 Å². The number of hydrogen-bond donors (Lipinski definition) is 1. The molecule has 1 aromatic carbocycles. The van der Waals surface area contributed by atoms with Crippen molar-refractivity contribution < 1.29 is 4.79 Å². The largest absolute Gasteiger partial charge is 0.320 e. The third kappa shape index (κ3) is 4.98. The highest BCUT2D eigenvalue weighted by Gasteiger charge is 2.08. The van der Waals surface area contributed by atoms with Crippen molar-refractivity contribution in [1.29, 1.82) is 0 Å². The molecule has 3 heteroatoms. The Morgan fingerprint density at radius 2 is 1.94 bits per heavy atom. The topological polar surface area (TPSA) is 32.3 Å². The number of benzene rings is 1. The summed E-state index contributed by atoms with van der Waals surface area (Å²) in [7, 11) is 3.94. The van der Waals surface area contributed by atoms with E-state index in [1.54, 1.807) is 0 Å². The Labute approximate surface area is 110 Å². The Hall–Kier alpha value is -1.19. The van der Waals surface area contributed by atoms with E-state index in [9.17, 15) is 4.79 Å². The van der Waals surface area contributed by atoms with E-state index in [-0.39, 0.29) is 5.78 Å². The summed E-state index contributed by atoms with van der Waals surface area (Å²) in [6, 6.07) is 7.94. The summed E-state index contributed by atoms with van der Waals surface area (Å²) in [4.78, 5) is 14.1. The van der Waals surface area contributed by atoms with Crippen LogP contribution in [0.25, 0.3) is 0 Å². The number of carbonyl (C=O) groups excluding carboxylic acids is 1. The van der Waals surface area contributed by atoms with Crippen molar-refractivity contribution in [2.24, 2.45) is 0 Å². The number of nitrogens with one attached hydrogen (secondary N) is 1. The first-order valence-corrected chi connectivity index (χ1v) is 6.62. The molecule has 0 aliphatic carbocycles. The first kappa shape index (κ1) is 14.9. The molecule has 0 unspecified atom stereocenters. The van der Waals surface area contributed by atoms with Crippen molar-refractivity contribution in [3.63, 3.8) is 0 Å². The highest BCUT2D eigenvalue weighted by molar-refractivity contribution is 5.97. The molecule has 0 atom stereocenters. The van der Waals surface area contributed by atoms with Crippen LogP contribution in [0.2, 0.25) is 0 Å². The Morgan fingerprint density at radius 3 is 2.50 bits per heavy atom. The lowest BCUT2D eigenvalue weighted by atomic mass is 10.1. The van der Waals surface area contributed by atoms with Crippen LogP contribution in [-0.4, -0.2) is 44.4 Å². The van der Waals surface area contributed by atoms with E-state index in [2.05, 4.69) is 17.1 Å². The number of Topliss-reactive ketones (excluding diaryl/α,β-unsaturated/α-hetero) is 1. The van der Waals surface area contributed by atoms with Gasteiger partial charge in [0.05, 0.1) is 6.54 Å². The summed E-state index contributed by atoms with van der Waals surface area (Å²) < 4.78 is 0. The zero-order valence-corrected chi connectivity index (χ0v) is 11.7. The molecule has 3 nitrogen and oxygen atoms in total. The second-order valence-corrected chi connectivity index (χ2v) is 4.67. The van der Waals surface area contributed by atoms with Crippen molar-refractivity contribution in [2.75, 3.05) is 33.7 Å². The van der Waals surface area contributed by atoms with Crippen LogP contribution in [0.4, 0.5) is 0 Å². The molecule has 0 aliphatic rings. The molecule has 1 N–H and O–H groups in total. The second kappa shape index (κ2) is 8.01. The van der Waals surface area contributed by atoms with E-state index in [0.717, 1.165) is 31.5 Å². The lowest BCUT2D eigenvalue weighted by Gasteiger charge is -2.15. The third-order valence-corrected chi connectivity index (χ3v) is 3.06. The zero-order valence-electron chi connectivity index (χ0n) is 11.7. The van der Waals surface area contributed by atoms with Gasteiger partial charge in [-0.25, -0.2) is 0 Å². The lowest BCUT2D eigenvalue weighted by molar-refractivity contribution is 0.0946.